The van der Waals surface area contributed by atoms with Gasteiger partial charge in [-0.2, -0.15) is 0 Å². The molecule has 2 rings (SSSR count). The van der Waals surface area contributed by atoms with Gasteiger partial charge < -0.3 is 5.32 Å². The summed E-state index contributed by atoms with van der Waals surface area (Å²) in [5.74, 6) is 0.845. The predicted molar refractivity (Wildman–Crippen MR) is 83.6 cm³/mol. The highest BCUT2D eigenvalue weighted by molar-refractivity contribution is 5.36. The summed E-state index contributed by atoms with van der Waals surface area (Å²) in [5, 5.41) is 3.69. The lowest BCUT2D eigenvalue weighted by Gasteiger charge is -2.24. The molecule has 1 atom stereocenters. The van der Waals surface area contributed by atoms with Gasteiger partial charge in [0.25, 0.3) is 0 Å². The van der Waals surface area contributed by atoms with E-state index in [-0.39, 0.29) is 0 Å². The van der Waals surface area contributed by atoms with Crippen molar-refractivity contribution in [3.05, 3.63) is 34.9 Å². The summed E-state index contributed by atoms with van der Waals surface area (Å²) < 4.78 is 0. The highest BCUT2D eigenvalue weighted by Crippen LogP contribution is 2.29. The van der Waals surface area contributed by atoms with Crippen molar-refractivity contribution in [1.29, 1.82) is 0 Å². The van der Waals surface area contributed by atoms with E-state index in [2.05, 4.69) is 44.3 Å². The maximum Gasteiger partial charge on any atom is 0.0322 e. The molecular weight excluding hydrogens is 230 g/mol. The topological polar surface area (TPSA) is 12.0 Å². The van der Waals surface area contributed by atoms with Crippen LogP contribution in [0.1, 0.15) is 69.2 Å². The second-order valence-corrected chi connectivity index (χ2v) is 5.91. The average Bonchev–Trinajstić information content (AvgIpc) is 2.90. The van der Waals surface area contributed by atoms with Crippen molar-refractivity contribution >= 4 is 0 Å². The van der Waals surface area contributed by atoms with Gasteiger partial charge in [0.05, 0.1) is 0 Å². The van der Waals surface area contributed by atoms with Crippen LogP contribution in [0.4, 0.5) is 0 Å². The third kappa shape index (κ3) is 3.60. The molecule has 1 unspecified atom stereocenters. The minimum Gasteiger partial charge on any atom is -0.310 e. The Morgan fingerprint density at radius 3 is 2.47 bits per heavy atom. The minimum absolute atomic E-state index is 0.542. The van der Waals surface area contributed by atoms with Gasteiger partial charge in [-0.1, -0.05) is 51.8 Å². The predicted octanol–water partition coefficient (Wildman–Crippen LogP) is 4.65. The summed E-state index contributed by atoms with van der Waals surface area (Å²) in [6, 6.07) is 7.74. The molecule has 1 N–H and O–H groups in total. The van der Waals surface area contributed by atoms with Crippen molar-refractivity contribution < 1.29 is 0 Å². The number of fused-ring (bicyclic) bond motifs is 1. The van der Waals surface area contributed by atoms with Crippen LogP contribution in [0.3, 0.4) is 0 Å². The fourth-order valence-electron chi connectivity index (χ4n) is 3.35. The maximum atomic E-state index is 3.69. The first-order valence-electron chi connectivity index (χ1n) is 8.13. The molecule has 0 fully saturated rings. The van der Waals surface area contributed by atoms with E-state index in [0.717, 1.165) is 12.5 Å². The molecule has 19 heavy (non-hydrogen) atoms. The van der Waals surface area contributed by atoms with Gasteiger partial charge in [-0.25, -0.2) is 0 Å². The van der Waals surface area contributed by atoms with Gasteiger partial charge >= 0.3 is 0 Å². The van der Waals surface area contributed by atoms with Crippen molar-refractivity contribution in [2.24, 2.45) is 5.92 Å². The van der Waals surface area contributed by atoms with E-state index in [1.165, 1.54) is 44.1 Å². The highest BCUT2D eigenvalue weighted by Gasteiger charge is 2.18. The first-order valence-corrected chi connectivity index (χ1v) is 8.13. The normalized spacial score (nSPS) is 15.8. The summed E-state index contributed by atoms with van der Waals surface area (Å²) in [5.41, 5.74) is 4.70. The van der Waals surface area contributed by atoms with Gasteiger partial charge in [0.15, 0.2) is 0 Å². The van der Waals surface area contributed by atoms with Gasteiger partial charge in [0, 0.05) is 6.04 Å². The lowest BCUT2D eigenvalue weighted by molar-refractivity contribution is 0.375. The Kier molecular flexibility index (Phi) is 5.45. The number of benzene rings is 1. The summed E-state index contributed by atoms with van der Waals surface area (Å²) >= 11 is 0. The molecule has 1 aromatic rings. The molecule has 0 amide bonds. The Hall–Kier alpha value is -0.820. The Balaban J connectivity index is 2.13. The fraction of sp³-hybridized carbons (Fsp3) is 0.667. The largest absolute Gasteiger partial charge is 0.310 e. The number of nitrogens with one attached hydrogen (secondary N) is 1. The van der Waals surface area contributed by atoms with Crippen LogP contribution in [0.25, 0.3) is 0 Å². The van der Waals surface area contributed by atoms with Crippen molar-refractivity contribution in [3.8, 4) is 0 Å². The van der Waals surface area contributed by atoms with Crippen LogP contribution in [-0.2, 0) is 12.8 Å². The molecule has 1 aliphatic rings. The maximum absolute atomic E-state index is 3.69. The van der Waals surface area contributed by atoms with Crippen LogP contribution in [0, 0.1) is 5.92 Å². The molecule has 1 heteroatoms. The molecule has 0 saturated carbocycles. The van der Waals surface area contributed by atoms with Gasteiger partial charge in [-0.3, -0.25) is 0 Å². The van der Waals surface area contributed by atoms with E-state index in [9.17, 15) is 0 Å². The number of rotatable bonds is 7. The van der Waals surface area contributed by atoms with Crippen molar-refractivity contribution in [2.45, 2.75) is 65.3 Å². The molecular formula is C18H29N. The van der Waals surface area contributed by atoms with Gasteiger partial charge in [-0.15, -0.1) is 0 Å². The van der Waals surface area contributed by atoms with E-state index in [0.29, 0.717) is 6.04 Å². The second kappa shape index (κ2) is 7.09. The van der Waals surface area contributed by atoms with Crippen LogP contribution in [0.2, 0.25) is 0 Å². The zero-order chi connectivity index (χ0) is 13.7. The number of hydrogen-bond acceptors (Lipinski definition) is 1. The van der Waals surface area contributed by atoms with Crippen LogP contribution >= 0.6 is 0 Å². The highest BCUT2D eigenvalue weighted by atomic mass is 14.9. The molecule has 1 aliphatic carbocycles. The molecule has 0 radical (unpaired) electrons. The summed E-state index contributed by atoms with van der Waals surface area (Å²) in [4.78, 5) is 0. The zero-order valence-electron chi connectivity index (χ0n) is 12.8. The van der Waals surface area contributed by atoms with E-state index in [4.69, 9.17) is 0 Å². The standard InChI is InChI=1S/C18H29N/c1-4-14(5-2)12-18(19-6-3)17-11-10-15-8-7-9-16(15)13-17/h10-11,13-14,18-19H,4-9,12H2,1-3H3. The Morgan fingerprint density at radius 2 is 1.79 bits per heavy atom. The first-order chi connectivity index (χ1) is 9.28. The third-order valence-electron chi connectivity index (χ3n) is 4.70. The third-order valence-corrected chi connectivity index (χ3v) is 4.70. The van der Waals surface area contributed by atoms with Crippen LogP contribution in [0.15, 0.2) is 18.2 Å². The molecule has 0 aromatic heterocycles. The van der Waals surface area contributed by atoms with Crippen molar-refractivity contribution in [3.63, 3.8) is 0 Å². The summed E-state index contributed by atoms with van der Waals surface area (Å²) in [7, 11) is 0. The van der Waals surface area contributed by atoms with Crippen LogP contribution in [-0.4, -0.2) is 6.54 Å². The van der Waals surface area contributed by atoms with E-state index in [1.807, 2.05) is 0 Å². The smallest absolute Gasteiger partial charge is 0.0322 e. The minimum atomic E-state index is 0.542. The average molecular weight is 259 g/mol. The molecule has 0 spiro atoms. The molecule has 1 nitrogen and oxygen atoms in total. The van der Waals surface area contributed by atoms with Crippen LogP contribution < -0.4 is 5.32 Å². The molecule has 0 saturated heterocycles. The lowest BCUT2D eigenvalue weighted by Crippen LogP contribution is -2.23. The summed E-state index contributed by atoms with van der Waals surface area (Å²) in [6.45, 7) is 7.91. The molecule has 0 heterocycles. The monoisotopic (exact) mass is 259 g/mol. The Bertz CT molecular complexity index is 393. The van der Waals surface area contributed by atoms with E-state index >= 15 is 0 Å². The molecule has 106 valence electrons. The number of aryl methyl sites for hydroxylation is 2. The summed E-state index contributed by atoms with van der Waals surface area (Å²) in [6.07, 6.45) is 7.78. The lowest BCUT2D eigenvalue weighted by atomic mass is 9.90. The quantitative estimate of drug-likeness (QED) is 0.751. The van der Waals surface area contributed by atoms with E-state index in [1.54, 1.807) is 11.1 Å². The molecule has 0 bridgehead atoms. The SMILES string of the molecule is CCNC(CC(CC)CC)c1ccc2c(c1)CCC2. The van der Waals surface area contributed by atoms with Crippen LogP contribution in [0.5, 0.6) is 0 Å². The fourth-order valence-corrected chi connectivity index (χ4v) is 3.35. The second-order valence-electron chi connectivity index (χ2n) is 5.91. The molecule has 0 aliphatic heterocycles. The van der Waals surface area contributed by atoms with Crippen molar-refractivity contribution in [2.75, 3.05) is 6.54 Å². The zero-order valence-corrected chi connectivity index (χ0v) is 12.8. The number of hydrogen-bond donors (Lipinski definition) is 1. The van der Waals surface area contributed by atoms with E-state index < -0.39 is 0 Å². The van der Waals surface area contributed by atoms with Crippen molar-refractivity contribution in [1.82, 2.24) is 5.32 Å². The Morgan fingerprint density at radius 1 is 1.05 bits per heavy atom. The first kappa shape index (κ1) is 14.6. The Labute approximate surface area is 118 Å². The van der Waals surface area contributed by atoms with Gasteiger partial charge in [0.2, 0.25) is 0 Å². The van der Waals surface area contributed by atoms with Gasteiger partial charge in [-0.05, 0) is 54.8 Å². The van der Waals surface area contributed by atoms with Gasteiger partial charge in [0.1, 0.15) is 0 Å². The molecule has 1 aromatic carbocycles.